The molecule has 0 amide bonds. The zero-order valence-corrected chi connectivity index (χ0v) is 14.8. The first-order valence-corrected chi connectivity index (χ1v) is 11.0. The van der Waals surface area contributed by atoms with Crippen molar-refractivity contribution in [2.75, 3.05) is 6.16 Å². The molecule has 0 radical (unpaired) electrons. The van der Waals surface area contributed by atoms with Crippen molar-refractivity contribution in [3.8, 4) is 0 Å². The SMILES string of the molecule is CCCCCCCCCCCCP(O)(O)(O)c1ccccc1. The Balaban J connectivity index is 2.13. The average molecular weight is 328 g/mol. The Morgan fingerprint density at radius 1 is 0.682 bits per heavy atom. The molecule has 0 fully saturated rings. The van der Waals surface area contributed by atoms with Gasteiger partial charge in [0.05, 0.1) is 0 Å². The van der Waals surface area contributed by atoms with Gasteiger partial charge in [0.1, 0.15) is 0 Å². The summed E-state index contributed by atoms with van der Waals surface area (Å²) in [6.07, 6.45) is 11.9. The van der Waals surface area contributed by atoms with Crippen LogP contribution >= 0.6 is 7.28 Å². The van der Waals surface area contributed by atoms with E-state index in [4.69, 9.17) is 0 Å². The molecular formula is C18H33O3P. The summed E-state index contributed by atoms with van der Waals surface area (Å²) in [4.78, 5) is 30.6. The Morgan fingerprint density at radius 2 is 1.14 bits per heavy atom. The van der Waals surface area contributed by atoms with Crippen molar-refractivity contribution in [2.45, 2.75) is 71.1 Å². The van der Waals surface area contributed by atoms with Crippen molar-refractivity contribution in [3.05, 3.63) is 30.3 Å². The molecule has 22 heavy (non-hydrogen) atoms. The van der Waals surface area contributed by atoms with Gasteiger partial charge in [0.2, 0.25) is 0 Å². The van der Waals surface area contributed by atoms with Crippen molar-refractivity contribution < 1.29 is 14.7 Å². The van der Waals surface area contributed by atoms with Crippen LogP contribution in [0.2, 0.25) is 0 Å². The van der Waals surface area contributed by atoms with Crippen LogP contribution in [0.15, 0.2) is 30.3 Å². The van der Waals surface area contributed by atoms with Gasteiger partial charge in [-0.15, -0.1) is 0 Å². The summed E-state index contributed by atoms with van der Waals surface area (Å²) < 4.78 is 0. The summed E-state index contributed by atoms with van der Waals surface area (Å²) in [5.41, 5.74) is 0. The van der Waals surface area contributed by atoms with E-state index in [1.165, 1.54) is 44.9 Å². The molecule has 0 saturated heterocycles. The number of rotatable bonds is 12. The van der Waals surface area contributed by atoms with E-state index in [2.05, 4.69) is 6.92 Å². The van der Waals surface area contributed by atoms with Gasteiger partial charge < -0.3 is 0 Å². The van der Waals surface area contributed by atoms with Crippen molar-refractivity contribution in [1.82, 2.24) is 0 Å². The minimum absolute atomic E-state index is 0.0755. The van der Waals surface area contributed by atoms with Crippen LogP contribution in [0.5, 0.6) is 0 Å². The van der Waals surface area contributed by atoms with Gasteiger partial charge in [0.15, 0.2) is 0 Å². The predicted octanol–water partition coefficient (Wildman–Crippen LogP) is 4.51. The van der Waals surface area contributed by atoms with Gasteiger partial charge in [0, 0.05) is 0 Å². The summed E-state index contributed by atoms with van der Waals surface area (Å²) >= 11 is 0. The number of hydrogen-bond acceptors (Lipinski definition) is 3. The zero-order chi connectivity index (χ0) is 16.3. The van der Waals surface area contributed by atoms with E-state index in [-0.39, 0.29) is 11.5 Å². The minimum atomic E-state index is -4.64. The molecule has 128 valence electrons. The first kappa shape index (κ1) is 19.6. The molecule has 0 bridgehead atoms. The Labute approximate surface area is 135 Å². The number of hydrogen-bond donors (Lipinski definition) is 3. The third kappa shape index (κ3) is 7.69. The van der Waals surface area contributed by atoms with E-state index < -0.39 is 7.28 Å². The molecule has 3 nitrogen and oxygen atoms in total. The molecule has 0 atom stereocenters. The molecule has 1 rings (SSSR count). The van der Waals surface area contributed by atoms with Gasteiger partial charge >= 0.3 is 135 Å². The van der Waals surface area contributed by atoms with Crippen LogP contribution in [0.3, 0.4) is 0 Å². The second-order valence-corrected chi connectivity index (χ2v) is 9.66. The van der Waals surface area contributed by atoms with Crippen LogP contribution in [0.25, 0.3) is 0 Å². The van der Waals surface area contributed by atoms with Gasteiger partial charge in [-0.3, -0.25) is 0 Å². The van der Waals surface area contributed by atoms with E-state index >= 15 is 0 Å². The first-order chi connectivity index (χ1) is 10.4. The molecule has 0 saturated carbocycles. The predicted molar refractivity (Wildman–Crippen MR) is 96.4 cm³/mol. The van der Waals surface area contributed by atoms with Crippen molar-refractivity contribution in [1.29, 1.82) is 0 Å². The normalized spacial score (nSPS) is 13.7. The van der Waals surface area contributed by atoms with Gasteiger partial charge in [0.25, 0.3) is 0 Å². The number of benzene rings is 1. The first-order valence-electron chi connectivity index (χ1n) is 8.76. The van der Waals surface area contributed by atoms with Gasteiger partial charge in [-0.1, -0.05) is 0 Å². The molecule has 0 unspecified atom stereocenters. The Kier molecular flexibility index (Phi) is 8.56. The van der Waals surface area contributed by atoms with Crippen molar-refractivity contribution >= 4 is 12.6 Å². The second kappa shape index (κ2) is 9.62. The fourth-order valence-corrected chi connectivity index (χ4v) is 4.60. The Morgan fingerprint density at radius 3 is 1.64 bits per heavy atom. The Hall–Kier alpha value is -0.470. The van der Waals surface area contributed by atoms with E-state index in [0.29, 0.717) is 6.42 Å². The fraction of sp³-hybridized carbons (Fsp3) is 0.667. The third-order valence-electron chi connectivity index (χ3n) is 4.21. The van der Waals surface area contributed by atoms with Gasteiger partial charge in [-0.25, -0.2) is 0 Å². The molecule has 0 aliphatic heterocycles. The molecule has 4 heteroatoms. The van der Waals surface area contributed by atoms with Crippen LogP contribution in [0.4, 0.5) is 0 Å². The monoisotopic (exact) mass is 328 g/mol. The van der Waals surface area contributed by atoms with Crippen molar-refractivity contribution in [3.63, 3.8) is 0 Å². The molecule has 0 aromatic heterocycles. The molecule has 0 heterocycles. The maximum absolute atomic E-state index is 10.2. The summed E-state index contributed by atoms with van der Waals surface area (Å²) in [6, 6.07) is 8.43. The summed E-state index contributed by atoms with van der Waals surface area (Å²) in [6.45, 7) is 2.23. The molecule has 1 aromatic rings. The topological polar surface area (TPSA) is 60.7 Å². The van der Waals surface area contributed by atoms with Crippen molar-refractivity contribution in [2.24, 2.45) is 0 Å². The van der Waals surface area contributed by atoms with Crippen LogP contribution in [-0.4, -0.2) is 20.8 Å². The van der Waals surface area contributed by atoms with Gasteiger partial charge in [-0.2, -0.15) is 0 Å². The summed E-state index contributed by atoms with van der Waals surface area (Å²) in [5, 5.41) is 0.268. The molecule has 1 aromatic carbocycles. The molecule has 0 spiro atoms. The van der Waals surface area contributed by atoms with E-state index in [1.807, 2.05) is 0 Å². The van der Waals surface area contributed by atoms with Gasteiger partial charge in [-0.05, 0) is 0 Å². The van der Waals surface area contributed by atoms with E-state index in [9.17, 15) is 14.7 Å². The van der Waals surface area contributed by atoms with Crippen LogP contribution in [0, 0.1) is 0 Å². The second-order valence-electron chi connectivity index (χ2n) is 6.39. The fourth-order valence-electron chi connectivity index (χ4n) is 2.75. The average Bonchev–Trinajstić information content (AvgIpc) is 2.50. The van der Waals surface area contributed by atoms with Crippen LogP contribution in [0.1, 0.15) is 71.1 Å². The van der Waals surface area contributed by atoms with E-state index in [1.54, 1.807) is 30.3 Å². The molecule has 0 aliphatic carbocycles. The third-order valence-corrected chi connectivity index (χ3v) is 6.70. The standard InChI is InChI=1S/C18H33O3P/c1-2-3-4-5-6-7-8-9-10-14-17-22(19,20,21)18-15-12-11-13-16-18/h11-13,15-16,19-21H,2-10,14,17H2,1H3. The molecular weight excluding hydrogens is 295 g/mol. The zero-order valence-electron chi connectivity index (χ0n) is 14.0. The molecule has 0 aliphatic rings. The van der Waals surface area contributed by atoms with E-state index in [0.717, 1.165) is 12.8 Å². The quantitative estimate of drug-likeness (QED) is 0.391. The molecule has 3 N–H and O–H groups in total. The van der Waals surface area contributed by atoms with Crippen LogP contribution in [-0.2, 0) is 0 Å². The summed E-state index contributed by atoms with van der Waals surface area (Å²) in [5.74, 6) is 0. The maximum atomic E-state index is 10.2. The van der Waals surface area contributed by atoms with Crippen LogP contribution < -0.4 is 5.30 Å². The Bertz CT molecular complexity index is 398. The number of unbranched alkanes of at least 4 members (excludes halogenated alkanes) is 9. The summed E-state index contributed by atoms with van der Waals surface area (Å²) in [7, 11) is -4.64.